The lowest BCUT2D eigenvalue weighted by Gasteiger charge is -2.15. The number of nitrogens with one attached hydrogen (secondary N) is 1. The van der Waals surface area contributed by atoms with Gasteiger partial charge in [0.1, 0.15) is 5.82 Å². The van der Waals surface area contributed by atoms with Crippen LogP contribution in [0.15, 0.2) is 12.3 Å². The van der Waals surface area contributed by atoms with E-state index in [1.165, 1.54) is 12.3 Å². The molecule has 1 aliphatic rings. The number of nitrogens with zero attached hydrogens (tertiary/aromatic N) is 1. The van der Waals surface area contributed by atoms with Crippen molar-refractivity contribution in [2.75, 3.05) is 18.2 Å². The number of carboxylic acid groups (broad SMARTS) is 1. The van der Waals surface area contributed by atoms with Gasteiger partial charge in [-0.1, -0.05) is 0 Å². The highest BCUT2D eigenvalue weighted by molar-refractivity contribution is 5.89. The van der Waals surface area contributed by atoms with Crippen LogP contribution < -0.4 is 11.1 Å². The standard InChI is InChI=1S/C12H17N3O3/c1-18-9-3-2-8(5-9)15-11-10(13)4-7(6-14-11)12(16)17/h4,6,8-9H,2-3,5,13H2,1H3,(H,14,15)(H,16,17). The first-order chi connectivity index (χ1) is 8.60. The molecule has 0 saturated heterocycles. The number of methoxy groups -OCH3 is 1. The summed E-state index contributed by atoms with van der Waals surface area (Å²) in [4.78, 5) is 14.8. The number of aromatic nitrogens is 1. The monoisotopic (exact) mass is 251 g/mol. The fourth-order valence-electron chi connectivity index (χ4n) is 2.20. The van der Waals surface area contributed by atoms with Gasteiger partial charge in [0, 0.05) is 19.3 Å². The van der Waals surface area contributed by atoms with Crippen LogP contribution in [0.1, 0.15) is 29.6 Å². The molecule has 1 heterocycles. The maximum atomic E-state index is 10.8. The molecule has 0 aliphatic heterocycles. The van der Waals surface area contributed by atoms with Crippen molar-refractivity contribution in [3.05, 3.63) is 17.8 Å². The topological polar surface area (TPSA) is 97.5 Å². The largest absolute Gasteiger partial charge is 0.478 e. The number of nitrogen functional groups attached to an aromatic ring is 1. The first-order valence-electron chi connectivity index (χ1n) is 5.88. The van der Waals surface area contributed by atoms with E-state index >= 15 is 0 Å². The molecule has 0 radical (unpaired) electrons. The van der Waals surface area contributed by atoms with Crippen LogP contribution in [-0.2, 0) is 4.74 Å². The van der Waals surface area contributed by atoms with Crippen LogP contribution in [0.5, 0.6) is 0 Å². The zero-order valence-electron chi connectivity index (χ0n) is 10.2. The Balaban J connectivity index is 2.04. The Bertz CT molecular complexity index is 450. The van der Waals surface area contributed by atoms with E-state index in [1.807, 2.05) is 0 Å². The van der Waals surface area contributed by atoms with Gasteiger partial charge in [0.2, 0.25) is 0 Å². The third kappa shape index (κ3) is 2.70. The van der Waals surface area contributed by atoms with E-state index in [1.54, 1.807) is 7.11 Å². The van der Waals surface area contributed by atoms with E-state index in [-0.39, 0.29) is 17.7 Å². The Morgan fingerprint density at radius 2 is 2.39 bits per heavy atom. The molecule has 0 aromatic carbocycles. The van der Waals surface area contributed by atoms with Crippen molar-refractivity contribution in [2.24, 2.45) is 0 Å². The summed E-state index contributed by atoms with van der Waals surface area (Å²) in [7, 11) is 1.71. The maximum Gasteiger partial charge on any atom is 0.337 e. The van der Waals surface area contributed by atoms with E-state index in [0.717, 1.165) is 19.3 Å². The minimum absolute atomic E-state index is 0.0965. The molecule has 6 heteroatoms. The molecular formula is C12H17N3O3. The Labute approximate surface area is 105 Å². The predicted molar refractivity (Wildman–Crippen MR) is 67.7 cm³/mol. The smallest absolute Gasteiger partial charge is 0.337 e. The molecule has 4 N–H and O–H groups in total. The molecule has 2 atom stereocenters. The second kappa shape index (κ2) is 5.22. The van der Waals surface area contributed by atoms with Gasteiger partial charge in [-0.05, 0) is 25.3 Å². The fraction of sp³-hybridized carbons (Fsp3) is 0.500. The Morgan fingerprint density at radius 1 is 1.61 bits per heavy atom. The summed E-state index contributed by atoms with van der Waals surface area (Å²) in [5.74, 6) is -0.484. The first-order valence-corrected chi connectivity index (χ1v) is 5.88. The lowest BCUT2D eigenvalue weighted by molar-refractivity contribution is 0.0696. The molecule has 0 amide bonds. The average Bonchev–Trinajstić information content (AvgIpc) is 2.79. The Hall–Kier alpha value is -1.82. The lowest BCUT2D eigenvalue weighted by Crippen LogP contribution is -2.19. The molecule has 0 bridgehead atoms. The molecule has 2 unspecified atom stereocenters. The highest BCUT2D eigenvalue weighted by atomic mass is 16.5. The zero-order chi connectivity index (χ0) is 13.1. The molecule has 18 heavy (non-hydrogen) atoms. The van der Waals surface area contributed by atoms with Gasteiger partial charge in [-0.15, -0.1) is 0 Å². The molecule has 1 aromatic rings. The van der Waals surface area contributed by atoms with Crippen molar-refractivity contribution in [2.45, 2.75) is 31.4 Å². The van der Waals surface area contributed by atoms with Gasteiger partial charge < -0.3 is 20.9 Å². The van der Waals surface area contributed by atoms with Crippen LogP contribution in [-0.4, -0.2) is 35.3 Å². The third-order valence-corrected chi connectivity index (χ3v) is 3.22. The molecule has 2 rings (SSSR count). The van der Waals surface area contributed by atoms with Crippen molar-refractivity contribution >= 4 is 17.5 Å². The van der Waals surface area contributed by atoms with Gasteiger partial charge in [-0.2, -0.15) is 0 Å². The van der Waals surface area contributed by atoms with Crippen LogP contribution in [0.3, 0.4) is 0 Å². The second-order valence-corrected chi connectivity index (χ2v) is 4.48. The molecular weight excluding hydrogens is 234 g/mol. The molecule has 0 spiro atoms. The van der Waals surface area contributed by atoms with Crippen LogP contribution >= 0.6 is 0 Å². The quantitative estimate of drug-likeness (QED) is 0.747. The molecule has 1 fully saturated rings. The summed E-state index contributed by atoms with van der Waals surface area (Å²) in [6.07, 6.45) is 4.52. The lowest BCUT2D eigenvalue weighted by atomic mass is 10.2. The predicted octanol–water partition coefficient (Wildman–Crippen LogP) is 1.34. The fourth-order valence-corrected chi connectivity index (χ4v) is 2.20. The van der Waals surface area contributed by atoms with Gasteiger partial charge in [-0.3, -0.25) is 0 Å². The summed E-state index contributed by atoms with van der Waals surface area (Å²) in [5, 5.41) is 12.0. The van der Waals surface area contributed by atoms with Crippen molar-refractivity contribution < 1.29 is 14.6 Å². The number of carboxylic acids is 1. The molecule has 6 nitrogen and oxygen atoms in total. The summed E-state index contributed by atoms with van der Waals surface area (Å²) in [6, 6.07) is 1.70. The number of pyridine rings is 1. The number of carbonyl (C=O) groups is 1. The van der Waals surface area contributed by atoms with Gasteiger partial charge in [0.25, 0.3) is 0 Å². The zero-order valence-corrected chi connectivity index (χ0v) is 10.2. The van der Waals surface area contributed by atoms with Crippen molar-refractivity contribution in [1.82, 2.24) is 4.98 Å². The van der Waals surface area contributed by atoms with Crippen molar-refractivity contribution in [1.29, 1.82) is 0 Å². The summed E-state index contributed by atoms with van der Waals surface area (Å²) < 4.78 is 5.29. The third-order valence-electron chi connectivity index (χ3n) is 3.22. The van der Waals surface area contributed by atoms with Crippen LogP contribution in [0, 0.1) is 0 Å². The number of aromatic carboxylic acids is 1. The summed E-state index contributed by atoms with van der Waals surface area (Å²) >= 11 is 0. The Kier molecular flexibility index (Phi) is 3.66. The van der Waals surface area contributed by atoms with Gasteiger partial charge in [0.05, 0.1) is 17.4 Å². The number of hydrogen-bond acceptors (Lipinski definition) is 5. The van der Waals surface area contributed by atoms with Crippen LogP contribution in [0.4, 0.5) is 11.5 Å². The van der Waals surface area contributed by atoms with Gasteiger partial charge >= 0.3 is 5.97 Å². The van der Waals surface area contributed by atoms with Gasteiger partial charge in [0.15, 0.2) is 0 Å². The number of ether oxygens (including phenoxy) is 1. The van der Waals surface area contributed by atoms with Crippen LogP contribution in [0.2, 0.25) is 0 Å². The molecule has 1 saturated carbocycles. The highest BCUT2D eigenvalue weighted by Gasteiger charge is 2.25. The average molecular weight is 251 g/mol. The van der Waals surface area contributed by atoms with Gasteiger partial charge in [-0.25, -0.2) is 9.78 Å². The first kappa shape index (κ1) is 12.6. The van der Waals surface area contributed by atoms with E-state index in [0.29, 0.717) is 11.5 Å². The number of nitrogens with two attached hydrogens (primary N) is 1. The van der Waals surface area contributed by atoms with E-state index < -0.39 is 5.97 Å². The molecule has 1 aliphatic carbocycles. The normalized spacial score (nSPS) is 22.9. The summed E-state index contributed by atoms with van der Waals surface area (Å²) in [6.45, 7) is 0. The molecule has 1 aromatic heterocycles. The van der Waals surface area contributed by atoms with E-state index in [9.17, 15) is 4.79 Å². The summed E-state index contributed by atoms with van der Waals surface area (Å²) in [5.41, 5.74) is 6.24. The SMILES string of the molecule is COC1CCC(Nc2ncc(C(=O)O)cc2N)C1. The van der Waals surface area contributed by atoms with Crippen molar-refractivity contribution in [3.63, 3.8) is 0 Å². The minimum atomic E-state index is -1.03. The van der Waals surface area contributed by atoms with E-state index in [2.05, 4.69) is 10.3 Å². The van der Waals surface area contributed by atoms with E-state index in [4.69, 9.17) is 15.6 Å². The second-order valence-electron chi connectivity index (χ2n) is 4.48. The van der Waals surface area contributed by atoms with Crippen molar-refractivity contribution in [3.8, 4) is 0 Å². The van der Waals surface area contributed by atoms with Crippen LogP contribution in [0.25, 0.3) is 0 Å². The Morgan fingerprint density at radius 3 is 2.94 bits per heavy atom. The highest BCUT2D eigenvalue weighted by Crippen LogP contribution is 2.26. The molecule has 98 valence electrons. The minimum Gasteiger partial charge on any atom is -0.478 e. The number of hydrogen-bond donors (Lipinski definition) is 3. The maximum absolute atomic E-state index is 10.8. The number of rotatable bonds is 4. The number of anilines is 2.